The van der Waals surface area contributed by atoms with Gasteiger partial charge in [-0.1, -0.05) is 17.7 Å². The van der Waals surface area contributed by atoms with Crippen molar-refractivity contribution in [3.63, 3.8) is 0 Å². The van der Waals surface area contributed by atoms with Crippen LogP contribution in [0.2, 0.25) is 5.02 Å². The van der Waals surface area contributed by atoms with Crippen molar-refractivity contribution < 1.29 is 9.53 Å². The maximum Gasteiger partial charge on any atom is 0.410 e. The van der Waals surface area contributed by atoms with Gasteiger partial charge in [-0.25, -0.2) is 4.79 Å². The van der Waals surface area contributed by atoms with Crippen molar-refractivity contribution in [1.29, 1.82) is 0 Å². The van der Waals surface area contributed by atoms with Gasteiger partial charge in [0.1, 0.15) is 5.60 Å². The van der Waals surface area contributed by atoms with Crippen LogP contribution in [-0.4, -0.2) is 35.7 Å². The van der Waals surface area contributed by atoms with Crippen molar-refractivity contribution in [1.82, 2.24) is 4.90 Å². The lowest BCUT2D eigenvalue weighted by Gasteiger charge is -2.35. The summed E-state index contributed by atoms with van der Waals surface area (Å²) < 4.78 is 5.45. The molecule has 1 fully saturated rings. The largest absolute Gasteiger partial charge is 0.444 e. The summed E-state index contributed by atoms with van der Waals surface area (Å²) >= 11 is 6.27. The van der Waals surface area contributed by atoms with E-state index in [-0.39, 0.29) is 12.1 Å². The second-order valence-electron chi connectivity index (χ2n) is 6.89. The summed E-state index contributed by atoms with van der Waals surface area (Å²) in [6.07, 6.45) is 1.73. The summed E-state index contributed by atoms with van der Waals surface area (Å²) in [5, 5.41) is 4.16. The van der Waals surface area contributed by atoms with Crippen LogP contribution in [0.15, 0.2) is 18.2 Å². The number of nitrogens with zero attached hydrogens (tertiary/aromatic N) is 1. The fourth-order valence-corrected chi connectivity index (χ4v) is 2.83. The topological polar surface area (TPSA) is 41.6 Å². The highest BCUT2D eigenvalue weighted by Crippen LogP contribution is 2.25. The molecule has 1 aliphatic heterocycles. The summed E-state index contributed by atoms with van der Waals surface area (Å²) in [6, 6.07) is 6.16. The van der Waals surface area contributed by atoms with Crippen molar-refractivity contribution in [3.8, 4) is 0 Å². The summed E-state index contributed by atoms with van der Waals surface area (Å²) in [5.41, 5.74) is 1.59. The Morgan fingerprint density at radius 2 is 2.14 bits per heavy atom. The summed E-state index contributed by atoms with van der Waals surface area (Å²) in [7, 11) is 0. The second kappa shape index (κ2) is 6.78. The molecule has 1 atom stereocenters. The van der Waals surface area contributed by atoms with Crippen LogP contribution in [0.5, 0.6) is 0 Å². The molecule has 1 aromatic rings. The van der Waals surface area contributed by atoms with Gasteiger partial charge in [0.05, 0.1) is 10.7 Å². The van der Waals surface area contributed by atoms with Crippen molar-refractivity contribution >= 4 is 23.4 Å². The molecule has 2 rings (SSSR count). The quantitative estimate of drug-likeness (QED) is 0.873. The third-order valence-electron chi connectivity index (χ3n) is 3.56. The highest BCUT2D eigenvalue weighted by Gasteiger charge is 2.27. The zero-order valence-corrected chi connectivity index (χ0v) is 14.5. The van der Waals surface area contributed by atoms with E-state index in [9.17, 15) is 4.79 Å². The highest BCUT2D eigenvalue weighted by atomic mass is 35.5. The molecule has 1 aromatic carbocycles. The van der Waals surface area contributed by atoms with Crippen LogP contribution in [0, 0.1) is 6.92 Å². The summed E-state index contributed by atoms with van der Waals surface area (Å²) in [4.78, 5) is 13.9. The van der Waals surface area contributed by atoms with Crippen molar-refractivity contribution in [2.45, 2.75) is 52.2 Å². The Morgan fingerprint density at radius 3 is 2.77 bits per heavy atom. The fourth-order valence-electron chi connectivity index (χ4n) is 2.54. The Morgan fingerprint density at radius 1 is 1.41 bits per heavy atom. The molecule has 0 aliphatic carbocycles. The lowest BCUT2D eigenvalue weighted by molar-refractivity contribution is 0.0206. The summed E-state index contributed by atoms with van der Waals surface area (Å²) in [5.74, 6) is 0. The smallest absolute Gasteiger partial charge is 0.410 e. The SMILES string of the molecule is Cc1ccc(NC2CCCN(C(=O)OC(C)(C)C)C2)c(Cl)c1. The van der Waals surface area contributed by atoms with Crippen LogP contribution in [0.4, 0.5) is 10.5 Å². The van der Waals surface area contributed by atoms with Crippen molar-refractivity contribution in [2.24, 2.45) is 0 Å². The minimum Gasteiger partial charge on any atom is -0.444 e. The lowest BCUT2D eigenvalue weighted by Crippen LogP contribution is -2.47. The number of carbonyl (C=O) groups is 1. The first-order valence-electron chi connectivity index (χ1n) is 7.75. The second-order valence-corrected chi connectivity index (χ2v) is 7.30. The van der Waals surface area contributed by atoms with Crippen LogP contribution in [0.25, 0.3) is 0 Å². The number of benzene rings is 1. The monoisotopic (exact) mass is 324 g/mol. The number of likely N-dealkylation sites (tertiary alicyclic amines) is 1. The van der Waals surface area contributed by atoms with Crippen LogP contribution in [0.3, 0.4) is 0 Å². The predicted molar refractivity (Wildman–Crippen MR) is 90.6 cm³/mol. The number of amides is 1. The van der Waals surface area contributed by atoms with Crippen LogP contribution in [-0.2, 0) is 4.74 Å². The van der Waals surface area contributed by atoms with E-state index in [1.807, 2.05) is 45.9 Å². The van der Waals surface area contributed by atoms with E-state index < -0.39 is 5.60 Å². The predicted octanol–water partition coefficient (Wildman–Crippen LogP) is 4.46. The van der Waals surface area contributed by atoms with Gasteiger partial charge in [-0.3, -0.25) is 0 Å². The maximum absolute atomic E-state index is 12.2. The third-order valence-corrected chi connectivity index (χ3v) is 3.87. The molecule has 0 bridgehead atoms. The zero-order valence-electron chi connectivity index (χ0n) is 13.8. The molecule has 1 heterocycles. The Kier molecular flexibility index (Phi) is 5.22. The van der Waals surface area contributed by atoms with Gasteiger partial charge in [-0.2, -0.15) is 0 Å². The number of piperidine rings is 1. The van der Waals surface area contributed by atoms with E-state index in [1.165, 1.54) is 0 Å². The number of anilines is 1. The number of carbonyl (C=O) groups excluding carboxylic acids is 1. The molecule has 5 heteroatoms. The Balaban J connectivity index is 1.97. The standard InChI is InChI=1S/C17H25ClN2O2/c1-12-7-8-15(14(18)10-12)19-13-6-5-9-20(11-13)16(21)22-17(2,3)4/h7-8,10,13,19H,5-6,9,11H2,1-4H3. The molecule has 0 saturated carbocycles. The van der Waals surface area contributed by atoms with E-state index in [0.29, 0.717) is 6.54 Å². The normalized spacial score (nSPS) is 19.0. The van der Waals surface area contributed by atoms with Gasteiger partial charge in [0.25, 0.3) is 0 Å². The van der Waals surface area contributed by atoms with Gasteiger partial charge in [0.2, 0.25) is 0 Å². The van der Waals surface area contributed by atoms with Crippen molar-refractivity contribution in [2.75, 3.05) is 18.4 Å². The maximum atomic E-state index is 12.2. The van der Waals surface area contributed by atoms with E-state index in [2.05, 4.69) is 5.32 Å². The molecular formula is C17H25ClN2O2. The number of hydrogen-bond donors (Lipinski definition) is 1. The Hall–Kier alpha value is -1.42. The molecule has 22 heavy (non-hydrogen) atoms. The number of hydrogen-bond acceptors (Lipinski definition) is 3. The molecule has 0 aromatic heterocycles. The first-order valence-corrected chi connectivity index (χ1v) is 8.13. The number of nitrogens with one attached hydrogen (secondary N) is 1. The van der Waals surface area contributed by atoms with Crippen LogP contribution in [0.1, 0.15) is 39.2 Å². The van der Waals surface area contributed by atoms with Gasteiger partial charge >= 0.3 is 6.09 Å². The van der Waals surface area contributed by atoms with E-state index in [4.69, 9.17) is 16.3 Å². The first kappa shape index (κ1) is 16.9. The van der Waals surface area contributed by atoms with Gasteiger partial charge in [-0.15, -0.1) is 0 Å². The molecule has 0 spiro atoms. The molecule has 4 nitrogen and oxygen atoms in total. The van der Waals surface area contributed by atoms with E-state index in [1.54, 1.807) is 4.90 Å². The minimum atomic E-state index is -0.461. The number of rotatable bonds is 2. The number of aryl methyl sites for hydroxylation is 1. The molecule has 1 N–H and O–H groups in total. The average Bonchev–Trinajstić information content (AvgIpc) is 2.40. The molecule has 1 amide bonds. The van der Waals surface area contributed by atoms with Crippen molar-refractivity contribution in [3.05, 3.63) is 28.8 Å². The fraction of sp³-hybridized carbons (Fsp3) is 0.588. The van der Waals surface area contributed by atoms with Crippen LogP contribution < -0.4 is 5.32 Å². The first-order chi connectivity index (χ1) is 10.2. The average molecular weight is 325 g/mol. The lowest BCUT2D eigenvalue weighted by atomic mass is 10.1. The highest BCUT2D eigenvalue weighted by molar-refractivity contribution is 6.33. The third kappa shape index (κ3) is 4.80. The van der Waals surface area contributed by atoms with Crippen LogP contribution >= 0.6 is 11.6 Å². The molecular weight excluding hydrogens is 300 g/mol. The molecule has 1 saturated heterocycles. The molecule has 1 aliphatic rings. The molecule has 0 radical (unpaired) electrons. The minimum absolute atomic E-state index is 0.196. The molecule has 1 unspecified atom stereocenters. The van der Waals surface area contributed by atoms with Gasteiger partial charge in [0.15, 0.2) is 0 Å². The number of halogens is 1. The Labute approximate surface area is 137 Å². The zero-order chi connectivity index (χ0) is 16.3. The van der Waals surface area contributed by atoms with Gasteiger partial charge in [0, 0.05) is 19.1 Å². The number of ether oxygens (including phenoxy) is 1. The van der Waals surface area contributed by atoms with Gasteiger partial charge in [-0.05, 0) is 58.2 Å². The van der Waals surface area contributed by atoms with Gasteiger partial charge < -0.3 is 15.0 Å². The van der Waals surface area contributed by atoms with E-state index >= 15 is 0 Å². The molecule has 122 valence electrons. The van der Waals surface area contributed by atoms with E-state index in [0.717, 1.165) is 35.7 Å². The summed E-state index contributed by atoms with van der Waals surface area (Å²) in [6.45, 7) is 9.05. The Bertz CT molecular complexity index is 540.